The van der Waals surface area contributed by atoms with Gasteiger partial charge in [-0.2, -0.15) is 0 Å². The van der Waals surface area contributed by atoms with Crippen molar-refractivity contribution in [1.29, 1.82) is 0 Å². The molecule has 0 unspecified atom stereocenters. The Morgan fingerprint density at radius 2 is 1.72 bits per heavy atom. The summed E-state index contributed by atoms with van der Waals surface area (Å²) in [5, 5.41) is 2.70. The highest BCUT2D eigenvalue weighted by Crippen LogP contribution is 2.40. The van der Waals surface area contributed by atoms with Gasteiger partial charge in [-0.1, -0.05) is 34.8 Å². The van der Waals surface area contributed by atoms with Gasteiger partial charge in [0, 0.05) is 25.9 Å². The fraction of sp³-hybridized carbons (Fsp3) is 0.850. The smallest absolute Gasteiger partial charge is 0.410 e. The first-order valence-electron chi connectivity index (χ1n) is 10.4. The SMILES string of the molecule is CN(CCCC[C@H](NC(=O)OC(C)(C)C)C(=O)N1CCSC1)C(=O)OC(C)(C)C(Cl)(Cl)Cl. The van der Waals surface area contributed by atoms with Crippen LogP contribution in [0.1, 0.15) is 53.9 Å². The number of halogens is 3. The molecule has 0 radical (unpaired) electrons. The Balaban J connectivity index is 2.59. The Labute approximate surface area is 209 Å². The van der Waals surface area contributed by atoms with E-state index in [1.807, 2.05) is 0 Å². The minimum atomic E-state index is -1.77. The minimum Gasteiger partial charge on any atom is -0.444 e. The van der Waals surface area contributed by atoms with Crippen LogP contribution in [-0.4, -0.2) is 80.7 Å². The zero-order valence-electron chi connectivity index (χ0n) is 19.5. The van der Waals surface area contributed by atoms with Crippen molar-refractivity contribution in [3.8, 4) is 0 Å². The highest BCUT2D eigenvalue weighted by molar-refractivity contribution is 7.99. The van der Waals surface area contributed by atoms with Crippen LogP contribution in [0, 0.1) is 0 Å². The summed E-state index contributed by atoms with van der Waals surface area (Å²) >= 11 is 19.2. The highest BCUT2D eigenvalue weighted by Gasteiger charge is 2.44. The van der Waals surface area contributed by atoms with Gasteiger partial charge in [-0.25, -0.2) is 9.59 Å². The molecule has 32 heavy (non-hydrogen) atoms. The van der Waals surface area contributed by atoms with Gasteiger partial charge in [0.15, 0.2) is 5.60 Å². The molecule has 1 N–H and O–H groups in total. The number of carbonyl (C=O) groups is 3. The molecule has 186 valence electrons. The second-order valence-electron chi connectivity index (χ2n) is 9.13. The average molecular weight is 535 g/mol. The number of alkyl halides is 3. The van der Waals surface area contributed by atoms with Gasteiger partial charge in [-0.3, -0.25) is 4.79 Å². The number of ether oxygens (including phenoxy) is 2. The summed E-state index contributed by atoms with van der Waals surface area (Å²) in [6.45, 7) is 9.35. The van der Waals surface area contributed by atoms with Crippen molar-refractivity contribution in [3.05, 3.63) is 0 Å². The van der Waals surface area contributed by atoms with E-state index in [4.69, 9.17) is 44.3 Å². The van der Waals surface area contributed by atoms with Crippen LogP contribution < -0.4 is 5.32 Å². The molecule has 1 aliphatic heterocycles. The van der Waals surface area contributed by atoms with Gasteiger partial charge in [0.25, 0.3) is 0 Å². The topological polar surface area (TPSA) is 88.2 Å². The first-order chi connectivity index (χ1) is 14.5. The standard InChI is InChI=1S/C20H34Cl3N3O5S/c1-18(2,3)30-16(28)24-14(15(27)26-11-12-32-13-26)9-7-8-10-25(6)17(29)31-19(4,5)20(21,22)23/h14H,7-13H2,1-6H3,(H,24,28)/t14-/m0/s1. The number of amides is 3. The quantitative estimate of drug-likeness (QED) is 0.355. The van der Waals surface area contributed by atoms with Crippen molar-refractivity contribution >= 4 is 64.7 Å². The molecule has 1 saturated heterocycles. The Morgan fingerprint density at radius 1 is 1.09 bits per heavy atom. The number of nitrogens with one attached hydrogen (secondary N) is 1. The molecule has 0 aliphatic carbocycles. The Hall–Kier alpha value is -0.770. The molecular formula is C20H34Cl3N3O5S. The molecule has 1 atom stereocenters. The van der Waals surface area contributed by atoms with E-state index in [0.29, 0.717) is 38.2 Å². The van der Waals surface area contributed by atoms with E-state index in [-0.39, 0.29) is 5.91 Å². The van der Waals surface area contributed by atoms with Crippen LogP contribution in [0.25, 0.3) is 0 Å². The molecule has 0 saturated carbocycles. The fourth-order valence-corrected chi connectivity index (χ4v) is 3.73. The molecule has 12 heteroatoms. The maximum Gasteiger partial charge on any atom is 0.410 e. The molecule has 3 amide bonds. The van der Waals surface area contributed by atoms with E-state index in [0.717, 1.165) is 5.75 Å². The molecule has 0 aromatic heterocycles. The van der Waals surface area contributed by atoms with E-state index in [1.165, 1.54) is 18.7 Å². The van der Waals surface area contributed by atoms with Crippen molar-refractivity contribution in [2.24, 2.45) is 0 Å². The minimum absolute atomic E-state index is 0.127. The number of hydrogen-bond donors (Lipinski definition) is 1. The van der Waals surface area contributed by atoms with Gasteiger partial charge < -0.3 is 24.6 Å². The van der Waals surface area contributed by atoms with Gasteiger partial charge in [0.2, 0.25) is 9.70 Å². The van der Waals surface area contributed by atoms with Crippen LogP contribution in [0.2, 0.25) is 0 Å². The van der Waals surface area contributed by atoms with Gasteiger partial charge in [0.1, 0.15) is 11.6 Å². The van der Waals surface area contributed by atoms with Crippen LogP contribution in [0.4, 0.5) is 9.59 Å². The first kappa shape index (κ1) is 29.3. The number of thioether (sulfide) groups is 1. The second-order valence-corrected chi connectivity index (χ2v) is 12.5. The van der Waals surface area contributed by atoms with Crippen molar-refractivity contribution in [2.75, 3.05) is 31.8 Å². The number of hydrogen-bond acceptors (Lipinski definition) is 6. The highest BCUT2D eigenvalue weighted by atomic mass is 35.6. The lowest BCUT2D eigenvalue weighted by atomic mass is 10.1. The van der Waals surface area contributed by atoms with Crippen LogP contribution in [-0.2, 0) is 14.3 Å². The summed E-state index contributed by atoms with van der Waals surface area (Å²) < 4.78 is 8.84. The number of carbonyl (C=O) groups excluding carboxylic acids is 3. The Morgan fingerprint density at radius 3 is 2.22 bits per heavy atom. The maximum atomic E-state index is 12.9. The average Bonchev–Trinajstić information content (AvgIpc) is 3.15. The zero-order valence-corrected chi connectivity index (χ0v) is 22.6. The molecule has 0 aromatic carbocycles. The zero-order chi connectivity index (χ0) is 24.7. The largest absolute Gasteiger partial charge is 0.444 e. The third-order valence-electron chi connectivity index (χ3n) is 4.63. The van der Waals surface area contributed by atoms with E-state index >= 15 is 0 Å². The van der Waals surface area contributed by atoms with E-state index in [9.17, 15) is 14.4 Å². The lowest BCUT2D eigenvalue weighted by Gasteiger charge is -2.33. The van der Waals surface area contributed by atoms with Gasteiger partial charge in [-0.05, 0) is 53.9 Å². The van der Waals surface area contributed by atoms with Crippen LogP contribution in [0.15, 0.2) is 0 Å². The van der Waals surface area contributed by atoms with Crippen LogP contribution in [0.5, 0.6) is 0 Å². The summed E-state index contributed by atoms with van der Waals surface area (Å²) in [5.74, 6) is 1.36. The van der Waals surface area contributed by atoms with Crippen LogP contribution in [0.3, 0.4) is 0 Å². The molecule has 1 fully saturated rings. The number of alkyl carbamates (subject to hydrolysis) is 1. The van der Waals surface area contributed by atoms with Crippen molar-refractivity contribution in [1.82, 2.24) is 15.1 Å². The Kier molecular flexibility index (Phi) is 11.1. The molecule has 0 aromatic rings. The summed E-state index contributed by atoms with van der Waals surface area (Å²) in [4.78, 5) is 40.5. The predicted molar refractivity (Wildman–Crippen MR) is 130 cm³/mol. The lowest BCUT2D eigenvalue weighted by molar-refractivity contribution is -0.132. The summed E-state index contributed by atoms with van der Waals surface area (Å²) in [7, 11) is 1.58. The maximum absolute atomic E-state index is 12.9. The van der Waals surface area contributed by atoms with Crippen molar-refractivity contribution < 1.29 is 23.9 Å². The van der Waals surface area contributed by atoms with E-state index < -0.39 is 33.2 Å². The number of nitrogens with zero attached hydrogens (tertiary/aromatic N) is 2. The molecule has 0 bridgehead atoms. The van der Waals surface area contributed by atoms with E-state index in [2.05, 4.69) is 5.32 Å². The summed E-state index contributed by atoms with van der Waals surface area (Å²) in [6, 6.07) is -0.691. The Bertz CT molecular complexity index is 662. The third-order valence-corrected chi connectivity index (χ3v) is 6.96. The fourth-order valence-electron chi connectivity index (χ4n) is 2.66. The number of unbranched alkanes of at least 4 members (excludes halogenated alkanes) is 1. The lowest BCUT2D eigenvalue weighted by Crippen LogP contribution is -2.49. The normalized spacial score (nSPS) is 15.8. The van der Waals surface area contributed by atoms with Gasteiger partial charge in [-0.15, -0.1) is 11.8 Å². The van der Waals surface area contributed by atoms with Crippen molar-refractivity contribution in [2.45, 2.75) is 74.9 Å². The van der Waals surface area contributed by atoms with E-state index in [1.54, 1.807) is 44.5 Å². The van der Waals surface area contributed by atoms with Gasteiger partial charge >= 0.3 is 12.2 Å². The van der Waals surface area contributed by atoms with Gasteiger partial charge in [0.05, 0.1) is 5.88 Å². The monoisotopic (exact) mass is 533 g/mol. The first-order valence-corrected chi connectivity index (χ1v) is 12.7. The van der Waals surface area contributed by atoms with Crippen molar-refractivity contribution in [3.63, 3.8) is 0 Å². The predicted octanol–water partition coefficient (Wildman–Crippen LogP) is 4.80. The molecule has 0 spiro atoms. The summed E-state index contributed by atoms with van der Waals surface area (Å²) in [5.41, 5.74) is -1.96. The molecule has 1 heterocycles. The third kappa shape index (κ3) is 10.0. The number of rotatable bonds is 8. The molecule has 1 rings (SSSR count). The summed E-state index contributed by atoms with van der Waals surface area (Å²) in [6.07, 6.45) is 0.363. The molecule has 1 aliphatic rings. The molecular weight excluding hydrogens is 501 g/mol. The second kappa shape index (κ2) is 12.1. The van der Waals surface area contributed by atoms with Crippen LogP contribution >= 0.6 is 46.6 Å². The molecule has 8 nitrogen and oxygen atoms in total.